The molecule has 0 aliphatic carbocycles. The van der Waals surface area contributed by atoms with Gasteiger partial charge in [0.2, 0.25) is 0 Å². The predicted octanol–water partition coefficient (Wildman–Crippen LogP) is 2.63. The predicted molar refractivity (Wildman–Crippen MR) is 65.5 cm³/mol. The van der Waals surface area contributed by atoms with E-state index in [1.54, 1.807) is 6.20 Å². The quantitative estimate of drug-likeness (QED) is 0.852. The Morgan fingerprint density at radius 1 is 1.47 bits per heavy atom. The van der Waals surface area contributed by atoms with Gasteiger partial charge in [0, 0.05) is 6.20 Å². The number of H-pyrrole nitrogens is 1. The second-order valence-electron chi connectivity index (χ2n) is 5.38. The van der Waals surface area contributed by atoms with E-state index >= 15 is 0 Å². The third-order valence-electron chi connectivity index (χ3n) is 2.20. The van der Waals surface area contributed by atoms with Crippen molar-refractivity contribution >= 4 is 6.09 Å². The fourth-order valence-corrected chi connectivity index (χ4v) is 1.48. The van der Waals surface area contributed by atoms with Crippen LogP contribution < -0.4 is 5.32 Å². The summed E-state index contributed by atoms with van der Waals surface area (Å²) in [7, 11) is 0. The lowest BCUT2D eigenvalue weighted by Crippen LogP contribution is -2.37. The number of alkyl carbamates (subject to hydrolysis) is 1. The summed E-state index contributed by atoms with van der Waals surface area (Å²) < 4.78 is 5.23. The maximum Gasteiger partial charge on any atom is 0.408 e. The maximum absolute atomic E-state index is 11.7. The number of nitrogens with zero attached hydrogens (tertiary/aromatic N) is 1. The zero-order valence-corrected chi connectivity index (χ0v) is 11.1. The number of hydrogen-bond acceptors (Lipinski definition) is 3. The number of aromatic amines is 1. The van der Waals surface area contributed by atoms with Crippen molar-refractivity contribution < 1.29 is 9.53 Å². The van der Waals surface area contributed by atoms with Crippen molar-refractivity contribution in [3.05, 3.63) is 18.0 Å². The van der Waals surface area contributed by atoms with Crippen molar-refractivity contribution in [2.75, 3.05) is 0 Å². The minimum absolute atomic E-state index is 0.118. The molecule has 0 fully saturated rings. The van der Waals surface area contributed by atoms with Crippen LogP contribution in [0.25, 0.3) is 0 Å². The van der Waals surface area contributed by atoms with E-state index in [9.17, 15) is 4.79 Å². The van der Waals surface area contributed by atoms with Crippen LogP contribution in [0.1, 0.15) is 46.4 Å². The highest BCUT2D eigenvalue weighted by molar-refractivity contribution is 5.68. The number of carbonyl (C=O) groups excluding carboxylic acids is 1. The molecular formula is C12H21N3O2. The van der Waals surface area contributed by atoms with Crippen molar-refractivity contribution in [2.24, 2.45) is 5.92 Å². The lowest BCUT2D eigenvalue weighted by atomic mass is 10.0. The van der Waals surface area contributed by atoms with Gasteiger partial charge in [0.15, 0.2) is 0 Å². The molecule has 0 aliphatic heterocycles. The summed E-state index contributed by atoms with van der Waals surface area (Å²) in [6, 6.07) is 1.73. The van der Waals surface area contributed by atoms with Gasteiger partial charge in [0.05, 0.1) is 11.7 Å². The Labute approximate surface area is 102 Å². The molecule has 0 saturated heterocycles. The smallest absolute Gasteiger partial charge is 0.408 e. The summed E-state index contributed by atoms with van der Waals surface area (Å²) in [5.74, 6) is 0.253. The second kappa shape index (κ2) is 5.21. The van der Waals surface area contributed by atoms with Crippen molar-refractivity contribution in [2.45, 2.75) is 46.3 Å². The molecule has 5 nitrogen and oxygen atoms in total. The standard InChI is InChI=1S/C12H21N3O2/c1-8(2)10(9-6-7-13-15-9)14-11(16)17-12(3,4)5/h6-8,10H,1-5H3,(H,13,15)(H,14,16). The molecule has 1 aromatic rings. The average molecular weight is 239 g/mol. The van der Waals surface area contributed by atoms with E-state index < -0.39 is 11.7 Å². The second-order valence-corrected chi connectivity index (χ2v) is 5.38. The summed E-state index contributed by atoms with van der Waals surface area (Å²) in [6.45, 7) is 9.58. The van der Waals surface area contributed by atoms with Crippen LogP contribution in [0.2, 0.25) is 0 Å². The van der Waals surface area contributed by atoms with Gasteiger partial charge in [-0.1, -0.05) is 13.8 Å². The van der Waals surface area contributed by atoms with Crippen LogP contribution in [-0.2, 0) is 4.74 Å². The van der Waals surface area contributed by atoms with E-state index in [-0.39, 0.29) is 12.0 Å². The number of hydrogen-bond donors (Lipinski definition) is 2. The number of carbonyl (C=O) groups is 1. The lowest BCUT2D eigenvalue weighted by molar-refractivity contribution is 0.0488. The first-order valence-electron chi connectivity index (χ1n) is 5.78. The van der Waals surface area contributed by atoms with E-state index in [1.165, 1.54) is 0 Å². The summed E-state index contributed by atoms with van der Waals surface area (Å²) in [5, 5.41) is 9.60. The molecule has 0 radical (unpaired) electrons. The van der Waals surface area contributed by atoms with E-state index in [4.69, 9.17) is 4.74 Å². The SMILES string of the molecule is CC(C)C(NC(=O)OC(C)(C)C)c1ccn[nH]1. The molecule has 1 heterocycles. The normalized spacial score (nSPS) is 13.5. The minimum Gasteiger partial charge on any atom is -0.444 e. The van der Waals surface area contributed by atoms with Crippen LogP contribution in [0.4, 0.5) is 4.79 Å². The first-order valence-corrected chi connectivity index (χ1v) is 5.78. The highest BCUT2D eigenvalue weighted by atomic mass is 16.6. The zero-order chi connectivity index (χ0) is 13.1. The topological polar surface area (TPSA) is 67.0 Å². The molecule has 0 bridgehead atoms. The van der Waals surface area contributed by atoms with Crippen molar-refractivity contribution in [3.63, 3.8) is 0 Å². The van der Waals surface area contributed by atoms with Gasteiger partial charge in [-0.2, -0.15) is 5.10 Å². The molecule has 2 N–H and O–H groups in total. The molecule has 17 heavy (non-hydrogen) atoms. The monoisotopic (exact) mass is 239 g/mol. The van der Waals surface area contributed by atoms with Gasteiger partial charge < -0.3 is 10.1 Å². The Hall–Kier alpha value is -1.52. The van der Waals surface area contributed by atoms with E-state index in [0.29, 0.717) is 0 Å². The Bertz CT molecular complexity index is 352. The molecule has 96 valence electrons. The molecule has 1 aromatic heterocycles. The fraction of sp³-hybridized carbons (Fsp3) is 0.667. The van der Waals surface area contributed by atoms with Gasteiger partial charge in [-0.15, -0.1) is 0 Å². The van der Waals surface area contributed by atoms with Gasteiger partial charge in [-0.3, -0.25) is 5.10 Å². The van der Waals surface area contributed by atoms with Crippen LogP contribution in [-0.4, -0.2) is 21.9 Å². The highest BCUT2D eigenvalue weighted by Crippen LogP contribution is 2.20. The van der Waals surface area contributed by atoms with Crippen molar-refractivity contribution in [3.8, 4) is 0 Å². The van der Waals surface area contributed by atoms with Gasteiger partial charge in [-0.05, 0) is 32.8 Å². The molecule has 0 aliphatic rings. The summed E-state index contributed by atoms with van der Waals surface area (Å²) in [6.07, 6.45) is 1.26. The van der Waals surface area contributed by atoms with Gasteiger partial charge in [0.25, 0.3) is 0 Å². The van der Waals surface area contributed by atoms with E-state index in [0.717, 1.165) is 5.69 Å². The molecule has 0 saturated carbocycles. The number of amides is 1. The molecule has 0 spiro atoms. The zero-order valence-electron chi connectivity index (χ0n) is 11.1. The van der Waals surface area contributed by atoms with Gasteiger partial charge in [0.1, 0.15) is 5.60 Å². The number of nitrogens with one attached hydrogen (secondary N) is 2. The molecule has 1 rings (SSSR count). The van der Waals surface area contributed by atoms with Crippen LogP contribution in [0.5, 0.6) is 0 Å². The molecule has 1 unspecified atom stereocenters. The van der Waals surface area contributed by atoms with Crippen LogP contribution in [0.3, 0.4) is 0 Å². The molecular weight excluding hydrogens is 218 g/mol. The molecule has 1 amide bonds. The molecule has 0 aromatic carbocycles. The van der Waals surface area contributed by atoms with Crippen molar-refractivity contribution in [1.82, 2.24) is 15.5 Å². The van der Waals surface area contributed by atoms with Crippen molar-refractivity contribution in [1.29, 1.82) is 0 Å². The van der Waals surface area contributed by atoms with Gasteiger partial charge in [-0.25, -0.2) is 4.79 Å². The average Bonchev–Trinajstić information content (AvgIpc) is 2.63. The first-order chi connectivity index (χ1) is 7.79. The molecule has 1 atom stereocenters. The summed E-state index contributed by atoms with van der Waals surface area (Å²) >= 11 is 0. The number of aromatic nitrogens is 2. The van der Waals surface area contributed by atoms with Crippen LogP contribution >= 0.6 is 0 Å². The lowest BCUT2D eigenvalue weighted by Gasteiger charge is -2.25. The van der Waals surface area contributed by atoms with Crippen LogP contribution in [0, 0.1) is 5.92 Å². The first kappa shape index (κ1) is 13.5. The van der Waals surface area contributed by atoms with Gasteiger partial charge >= 0.3 is 6.09 Å². The Morgan fingerprint density at radius 2 is 2.12 bits per heavy atom. The Balaban J connectivity index is 2.66. The summed E-state index contributed by atoms with van der Waals surface area (Å²) in [5.41, 5.74) is 0.394. The third kappa shape index (κ3) is 4.46. The highest BCUT2D eigenvalue weighted by Gasteiger charge is 2.23. The number of rotatable bonds is 3. The largest absolute Gasteiger partial charge is 0.444 e. The summed E-state index contributed by atoms with van der Waals surface area (Å²) in [4.78, 5) is 11.7. The Kier molecular flexibility index (Phi) is 4.15. The van der Waals surface area contributed by atoms with E-state index in [2.05, 4.69) is 15.5 Å². The molecule has 5 heteroatoms. The third-order valence-corrected chi connectivity index (χ3v) is 2.20. The number of ether oxygens (including phenoxy) is 1. The minimum atomic E-state index is -0.487. The van der Waals surface area contributed by atoms with Crippen LogP contribution in [0.15, 0.2) is 12.3 Å². The fourth-order valence-electron chi connectivity index (χ4n) is 1.48. The van der Waals surface area contributed by atoms with E-state index in [1.807, 2.05) is 40.7 Å². The maximum atomic E-state index is 11.7. The Morgan fingerprint density at radius 3 is 2.53 bits per heavy atom.